The normalized spacial score (nSPS) is 10.6. The molecule has 0 aliphatic carbocycles. The first-order valence-electron chi connectivity index (χ1n) is 6.07. The predicted molar refractivity (Wildman–Crippen MR) is 73.9 cm³/mol. The van der Waals surface area contributed by atoms with Crippen LogP contribution in [0, 0.1) is 16.0 Å². The summed E-state index contributed by atoms with van der Waals surface area (Å²) in [5.74, 6) is -0.167. The summed E-state index contributed by atoms with van der Waals surface area (Å²) in [7, 11) is 0. The fourth-order valence-corrected chi connectivity index (χ4v) is 1.56. The van der Waals surface area contributed by atoms with Crippen LogP contribution in [-0.2, 0) is 4.74 Å². The Hall–Kier alpha value is -1.73. The number of hydrogen-bond acceptors (Lipinski definition) is 5. The number of ether oxygens (including phenoxy) is 1. The molecule has 1 rings (SSSR count). The van der Waals surface area contributed by atoms with Crippen LogP contribution in [0.3, 0.4) is 0 Å². The Balaban J connectivity index is 2.59. The molecule has 0 unspecified atom stereocenters. The number of aromatic nitrogens is 1. The van der Waals surface area contributed by atoms with Crippen molar-refractivity contribution >= 4 is 23.2 Å². The lowest BCUT2D eigenvalue weighted by Gasteiger charge is -2.08. The highest BCUT2D eigenvalue weighted by molar-refractivity contribution is 6.29. The Morgan fingerprint density at radius 1 is 1.60 bits per heavy atom. The van der Waals surface area contributed by atoms with Gasteiger partial charge in [-0.3, -0.25) is 14.9 Å². The van der Waals surface area contributed by atoms with Crippen LogP contribution in [0.5, 0.6) is 0 Å². The zero-order valence-corrected chi connectivity index (χ0v) is 12.0. The number of nitrogens with zero attached hydrogens (tertiary/aromatic N) is 2. The molecule has 1 N–H and O–H groups in total. The van der Waals surface area contributed by atoms with Gasteiger partial charge in [0.25, 0.3) is 11.6 Å². The van der Waals surface area contributed by atoms with E-state index in [4.69, 9.17) is 16.3 Å². The number of halogens is 1. The van der Waals surface area contributed by atoms with Gasteiger partial charge in [-0.2, -0.15) is 0 Å². The molecule has 0 aliphatic rings. The van der Waals surface area contributed by atoms with Gasteiger partial charge in [-0.05, 0) is 12.0 Å². The van der Waals surface area contributed by atoms with E-state index in [1.807, 2.05) is 13.8 Å². The van der Waals surface area contributed by atoms with Gasteiger partial charge >= 0.3 is 0 Å². The van der Waals surface area contributed by atoms with Crippen LogP contribution in [0.2, 0.25) is 5.15 Å². The van der Waals surface area contributed by atoms with E-state index in [-0.39, 0.29) is 22.9 Å². The zero-order chi connectivity index (χ0) is 15.1. The topological polar surface area (TPSA) is 94.4 Å². The Morgan fingerprint density at radius 2 is 2.30 bits per heavy atom. The van der Waals surface area contributed by atoms with E-state index in [1.165, 1.54) is 6.07 Å². The maximum absolute atomic E-state index is 11.9. The molecule has 1 amide bonds. The van der Waals surface area contributed by atoms with E-state index in [0.717, 1.165) is 6.20 Å². The van der Waals surface area contributed by atoms with Gasteiger partial charge in [-0.1, -0.05) is 25.4 Å². The number of hydrogen-bond donors (Lipinski definition) is 1. The van der Waals surface area contributed by atoms with Crippen molar-refractivity contribution < 1.29 is 14.5 Å². The van der Waals surface area contributed by atoms with Gasteiger partial charge in [0.15, 0.2) is 0 Å². The van der Waals surface area contributed by atoms with Crippen LogP contribution >= 0.6 is 11.6 Å². The van der Waals surface area contributed by atoms with Crippen molar-refractivity contribution in [3.8, 4) is 0 Å². The van der Waals surface area contributed by atoms with Crippen molar-refractivity contribution in [2.75, 3.05) is 19.8 Å². The summed E-state index contributed by atoms with van der Waals surface area (Å²) in [4.78, 5) is 25.6. The second-order valence-corrected chi connectivity index (χ2v) is 4.89. The van der Waals surface area contributed by atoms with E-state index in [0.29, 0.717) is 19.1 Å². The summed E-state index contributed by atoms with van der Waals surface area (Å²) >= 11 is 5.65. The van der Waals surface area contributed by atoms with Gasteiger partial charge in [0.05, 0.1) is 11.5 Å². The number of rotatable bonds is 7. The summed E-state index contributed by atoms with van der Waals surface area (Å²) in [5.41, 5.74) is -0.492. The molecule has 8 heteroatoms. The summed E-state index contributed by atoms with van der Waals surface area (Å²) in [6.45, 7) is 5.23. The molecule has 0 bridgehead atoms. The molecule has 0 spiro atoms. The summed E-state index contributed by atoms with van der Waals surface area (Å²) in [6, 6.07) is 1.17. The van der Waals surface area contributed by atoms with Crippen molar-refractivity contribution in [2.45, 2.75) is 13.8 Å². The molecule has 0 aliphatic heterocycles. The zero-order valence-electron chi connectivity index (χ0n) is 11.3. The van der Waals surface area contributed by atoms with Crippen molar-refractivity contribution in [1.82, 2.24) is 10.3 Å². The van der Waals surface area contributed by atoms with Crippen LogP contribution in [0.1, 0.15) is 24.2 Å². The first-order valence-corrected chi connectivity index (χ1v) is 6.45. The van der Waals surface area contributed by atoms with Crippen LogP contribution in [-0.4, -0.2) is 35.6 Å². The maximum atomic E-state index is 11.9. The molecule has 0 aromatic carbocycles. The van der Waals surface area contributed by atoms with Crippen molar-refractivity contribution in [3.05, 3.63) is 33.1 Å². The lowest BCUT2D eigenvalue weighted by molar-refractivity contribution is -0.385. The first-order chi connectivity index (χ1) is 9.41. The van der Waals surface area contributed by atoms with E-state index >= 15 is 0 Å². The van der Waals surface area contributed by atoms with Gasteiger partial charge in [0, 0.05) is 13.2 Å². The van der Waals surface area contributed by atoms with Crippen LogP contribution in [0.25, 0.3) is 0 Å². The Bertz CT molecular complexity index is 494. The third-order valence-corrected chi connectivity index (χ3v) is 2.48. The minimum Gasteiger partial charge on any atom is -0.379 e. The molecular weight excluding hydrogens is 286 g/mol. The highest BCUT2D eigenvalue weighted by atomic mass is 35.5. The molecule has 0 atom stereocenters. The average Bonchev–Trinajstić information content (AvgIpc) is 2.37. The summed E-state index contributed by atoms with van der Waals surface area (Å²) in [6.07, 6.45) is 0.965. The molecule has 110 valence electrons. The van der Waals surface area contributed by atoms with Crippen molar-refractivity contribution in [3.63, 3.8) is 0 Å². The molecule has 0 radical (unpaired) electrons. The second-order valence-electron chi connectivity index (χ2n) is 4.51. The fraction of sp³-hybridized carbons (Fsp3) is 0.500. The van der Waals surface area contributed by atoms with E-state index in [9.17, 15) is 14.9 Å². The molecule has 1 heterocycles. The van der Waals surface area contributed by atoms with Crippen molar-refractivity contribution in [2.24, 2.45) is 5.92 Å². The largest absolute Gasteiger partial charge is 0.379 e. The Labute approximate surface area is 121 Å². The van der Waals surface area contributed by atoms with Gasteiger partial charge < -0.3 is 10.1 Å². The molecule has 20 heavy (non-hydrogen) atoms. The second kappa shape index (κ2) is 7.76. The molecule has 0 fully saturated rings. The predicted octanol–water partition coefficient (Wildman–Crippen LogP) is 2.05. The number of carbonyl (C=O) groups excluding carboxylic acids is 1. The minimum absolute atomic E-state index is 0.0248. The number of nitro groups is 1. The lowest BCUT2D eigenvalue weighted by Crippen LogP contribution is -2.28. The van der Waals surface area contributed by atoms with Crippen LogP contribution in [0.4, 0.5) is 5.69 Å². The fourth-order valence-electron chi connectivity index (χ4n) is 1.40. The monoisotopic (exact) mass is 301 g/mol. The first kappa shape index (κ1) is 16.3. The molecule has 1 aromatic heterocycles. The van der Waals surface area contributed by atoms with Crippen LogP contribution < -0.4 is 5.32 Å². The Kier molecular flexibility index (Phi) is 6.33. The third-order valence-electron chi connectivity index (χ3n) is 2.27. The number of nitrogens with one attached hydrogen (secondary N) is 1. The maximum Gasteiger partial charge on any atom is 0.300 e. The van der Waals surface area contributed by atoms with Gasteiger partial charge in [-0.25, -0.2) is 4.98 Å². The van der Waals surface area contributed by atoms with E-state index in [2.05, 4.69) is 10.3 Å². The minimum atomic E-state index is -0.673. The Morgan fingerprint density at radius 3 is 2.90 bits per heavy atom. The molecular formula is C12H16ClN3O4. The molecule has 0 saturated heterocycles. The number of amides is 1. The quantitative estimate of drug-likeness (QED) is 0.360. The molecule has 1 aromatic rings. The van der Waals surface area contributed by atoms with E-state index < -0.39 is 10.8 Å². The van der Waals surface area contributed by atoms with Gasteiger partial charge in [-0.15, -0.1) is 0 Å². The smallest absolute Gasteiger partial charge is 0.300 e. The standard InChI is InChI=1S/C12H16ClN3O4/c1-8(2)7-20-4-3-14-12(17)9-5-11(13)15-6-10(9)16(18)19/h5-6,8H,3-4,7H2,1-2H3,(H,14,17). The molecule has 0 saturated carbocycles. The number of pyridine rings is 1. The molecule has 7 nitrogen and oxygen atoms in total. The highest BCUT2D eigenvalue weighted by Gasteiger charge is 2.20. The summed E-state index contributed by atoms with van der Waals surface area (Å²) in [5, 5.41) is 13.4. The van der Waals surface area contributed by atoms with Gasteiger partial charge in [0.2, 0.25) is 0 Å². The van der Waals surface area contributed by atoms with E-state index in [1.54, 1.807) is 0 Å². The number of carbonyl (C=O) groups is 1. The SMILES string of the molecule is CC(C)COCCNC(=O)c1cc(Cl)ncc1[N+](=O)[O-]. The van der Waals surface area contributed by atoms with Gasteiger partial charge in [0.1, 0.15) is 16.9 Å². The third kappa shape index (κ3) is 5.10. The summed E-state index contributed by atoms with van der Waals surface area (Å²) < 4.78 is 5.30. The van der Waals surface area contributed by atoms with Crippen LogP contribution in [0.15, 0.2) is 12.3 Å². The van der Waals surface area contributed by atoms with Crippen molar-refractivity contribution in [1.29, 1.82) is 0 Å². The average molecular weight is 302 g/mol. The highest BCUT2D eigenvalue weighted by Crippen LogP contribution is 2.19. The lowest BCUT2D eigenvalue weighted by atomic mass is 10.2.